The van der Waals surface area contributed by atoms with Crippen LogP contribution >= 0.6 is 0 Å². The third kappa shape index (κ3) is 5.41. The summed E-state index contributed by atoms with van der Waals surface area (Å²) in [4.78, 5) is 16.9. The fourth-order valence-corrected chi connectivity index (χ4v) is 4.35. The molecule has 1 saturated heterocycles. The molecule has 166 valence electrons. The van der Waals surface area contributed by atoms with Crippen LogP contribution in [-0.2, 0) is 6.42 Å². The average molecular weight is 426 g/mol. The number of methoxy groups -OCH3 is 1. The molecule has 4 rings (SSSR count). The normalized spacial score (nSPS) is 17.9. The number of rotatable bonds is 7. The van der Waals surface area contributed by atoms with Crippen LogP contribution in [0.3, 0.4) is 0 Å². The van der Waals surface area contributed by atoms with Crippen molar-refractivity contribution in [3.8, 4) is 17.2 Å². The first-order chi connectivity index (χ1) is 15.1. The predicted octanol–water partition coefficient (Wildman–Crippen LogP) is 3.84. The fraction of sp³-hybridized carbons (Fsp3) is 0.458. The molecule has 1 fully saturated rings. The number of urea groups is 1. The van der Waals surface area contributed by atoms with Crippen molar-refractivity contribution < 1.29 is 19.0 Å². The second kappa shape index (κ2) is 9.92. The molecule has 2 aliphatic heterocycles. The Morgan fingerprint density at radius 3 is 2.94 bits per heavy atom. The Morgan fingerprint density at radius 2 is 2.06 bits per heavy atom. The molecule has 2 aliphatic rings. The van der Waals surface area contributed by atoms with E-state index < -0.39 is 0 Å². The molecule has 0 bridgehead atoms. The summed E-state index contributed by atoms with van der Waals surface area (Å²) in [7, 11) is 3.58. The van der Waals surface area contributed by atoms with Gasteiger partial charge in [0.1, 0.15) is 5.75 Å². The summed E-state index contributed by atoms with van der Waals surface area (Å²) in [5.41, 5.74) is 1.95. The van der Waals surface area contributed by atoms with Crippen LogP contribution in [-0.4, -0.2) is 63.0 Å². The largest absolute Gasteiger partial charge is 0.496 e. The molecule has 1 N–H and O–H groups in total. The van der Waals surface area contributed by atoms with Gasteiger partial charge in [-0.25, -0.2) is 4.79 Å². The zero-order valence-corrected chi connectivity index (χ0v) is 18.3. The monoisotopic (exact) mass is 425 g/mol. The Balaban J connectivity index is 1.26. The Labute approximate surface area is 183 Å². The predicted molar refractivity (Wildman–Crippen MR) is 120 cm³/mol. The molecule has 2 heterocycles. The quantitative estimate of drug-likeness (QED) is 0.730. The standard InChI is InChI=1S/C24H31N3O4/c1-26(24(28)25-20-9-10-22-23(14-20)31-17-30-22)15-18-6-5-12-27(16-18)13-11-19-7-3-4-8-21(19)29-2/h3-4,7-10,14,18H,5-6,11-13,15-17H2,1-2H3,(H,25,28)/t18-/m1/s1. The molecule has 7 nitrogen and oxygen atoms in total. The minimum Gasteiger partial charge on any atom is -0.496 e. The molecule has 2 aromatic carbocycles. The van der Waals surface area contributed by atoms with Crippen molar-refractivity contribution in [3.63, 3.8) is 0 Å². The van der Waals surface area contributed by atoms with Crippen molar-refractivity contribution in [2.45, 2.75) is 19.3 Å². The van der Waals surface area contributed by atoms with Crippen molar-refractivity contribution >= 4 is 11.7 Å². The smallest absolute Gasteiger partial charge is 0.321 e. The van der Waals surface area contributed by atoms with Gasteiger partial charge in [-0.2, -0.15) is 0 Å². The summed E-state index contributed by atoms with van der Waals surface area (Å²) in [6.45, 7) is 4.09. The number of nitrogens with one attached hydrogen (secondary N) is 1. The van der Waals surface area contributed by atoms with Gasteiger partial charge in [0, 0.05) is 38.4 Å². The van der Waals surface area contributed by atoms with Crippen LogP contribution in [0.5, 0.6) is 17.2 Å². The van der Waals surface area contributed by atoms with Crippen LogP contribution in [0, 0.1) is 5.92 Å². The number of hydrogen-bond acceptors (Lipinski definition) is 5. The van der Waals surface area contributed by atoms with Crippen LogP contribution < -0.4 is 19.5 Å². The number of fused-ring (bicyclic) bond motifs is 1. The van der Waals surface area contributed by atoms with Crippen molar-refractivity contribution in [3.05, 3.63) is 48.0 Å². The maximum atomic E-state index is 12.7. The maximum Gasteiger partial charge on any atom is 0.321 e. The van der Waals surface area contributed by atoms with Gasteiger partial charge in [0.15, 0.2) is 11.5 Å². The summed E-state index contributed by atoms with van der Waals surface area (Å²) in [5, 5.41) is 2.96. The van der Waals surface area contributed by atoms with E-state index in [1.807, 2.05) is 31.3 Å². The molecular formula is C24H31N3O4. The maximum absolute atomic E-state index is 12.7. The van der Waals surface area contributed by atoms with E-state index in [4.69, 9.17) is 14.2 Å². The molecule has 0 saturated carbocycles. The van der Waals surface area contributed by atoms with Gasteiger partial charge in [0.05, 0.1) is 7.11 Å². The van der Waals surface area contributed by atoms with Crippen molar-refractivity contribution in [1.29, 1.82) is 0 Å². The number of ether oxygens (including phenoxy) is 3. The van der Waals surface area contributed by atoms with Crippen molar-refractivity contribution in [1.82, 2.24) is 9.80 Å². The molecule has 0 radical (unpaired) electrons. The van der Waals surface area contributed by atoms with E-state index in [2.05, 4.69) is 22.3 Å². The topological polar surface area (TPSA) is 63.3 Å². The van der Waals surface area contributed by atoms with E-state index in [0.717, 1.165) is 51.2 Å². The zero-order valence-electron chi connectivity index (χ0n) is 18.3. The van der Waals surface area contributed by atoms with E-state index >= 15 is 0 Å². The van der Waals surface area contributed by atoms with Gasteiger partial charge in [-0.15, -0.1) is 0 Å². The summed E-state index contributed by atoms with van der Waals surface area (Å²) < 4.78 is 16.2. The number of likely N-dealkylation sites (tertiary alicyclic amines) is 1. The molecule has 2 amide bonds. The summed E-state index contributed by atoms with van der Waals surface area (Å²) in [6.07, 6.45) is 3.28. The van der Waals surface area contributed by atoms with Gasteiger partial charge in [-0.3, -0.25) is 0 Å². The number of piperidine rings is 1. The number of amides is 2. The number of para-hydroxylation sites is 1. The van der Waals surface area contributed by atoms with E-state index in [1.165, 1.54) is 5.56 Å². The number of anilines is 1. The van der Waals surface area contributed by atoms with Crippen molar-refractivity contribution in [2.75, 3.05) is 52.4 Å². The molecule has 1 atom stereocenters. The van der Waals surface area contributed by atoms with Crippen LogP contribution in [0.4, 0.5) is 10.5 Å². The third-order valence-corrected chi connectivity index (χ3v) is 6.00. The van der Waals surface area contributed by atoms with Gasteiger partial charge < -0.3 is 29.3 Å². The Bertz CT molecular complexity index is 904. The van der Waals surface area contributed by atoms with E-state index in [9.17, 15) is 4.79 Å². The second-order valence-corrected chi connectivity index (χ2v) is 8.25. The molecule has 2 aromatic rings. The molecule has 0 aromatic heterocycles. The van der Waals surface area contributed by atoms with E-state index in [0.29, 0.717) is 23.1 Å². The first-order valence-corrected chi connectivity index (χ1v) is 10.9. The third-order valence-electron chi connectivity index (χ3n) is 6.00. The summed E-state index contributed by atoms with van der Waals surface area (Å²) >= 11 is 0. The lowest BCUT2D eigenvalue weighted by Crippen LogP contribution is -2.43. The molecular weight excluding hydrogens is 394 g/mol. The highest BCUT2D eigenvalue weighted by Gasteiger charge is 2.23. The lowest BCUT2D eigenvalue weighted by atomic mass is 9.97. The number of carbonyl (C=O) groups excluding carboxylic acids is 1. The lowest BCUT2D eigenvalue weighted by molar-refractivity contribution is 0.150. The number of nitrogens with zero attached hydrogens (tertiary/aromatic N) is 2. The highest BCUT2D eigenvalue weighted by molar-refractivity contribution is 5.89. The summed E-state index contributed by atoms with van der Waals surface area (Å²) in [5.74, 6) is 2.80. The first-order valence-electron chi connectivity index (χ1n) is 10.9. The molecule has 31 heavy (non-hydrogen) atoms. The van der Waals surface area contributed by atoms with Crippen LogP contribution in [0.2, 0.25) is 0 Å². The average Bonchev–Trinajstić information content (AvgIpc) is 3.26. The van der Waals surface area contributed by atoms with Gasteiger partial charge in [-0.1, -0.05) is 18.2 Å². The number of benzene rings is 2. The fourth-order valence-electron chi connectivity index (χ4n) is 4.35. The molecule has 0 unspecified atom stereocenters. The first kappa shape index (κ1) is 21.3. The summed E-state index contributed by atoms with van der Waals surface area (Å²) in [6, 6.07) is 13.6. The minimum absolute atomic E-state index is 0.106. The Hall–Kier alpha value is -2.93. The van der Waals surface area contributed by atoms with Crippen LogP contribution in [0.1, 0.15) is 18.4 Å². The van der Waals surface area contributed by atoms with Gasteiger partial charge in [0.25, 0.3) is 0 Å². The van der Waals surface area contributed by atoms with E-state index in [1.54, 1.807) is 18.1 Å². The molecule has 0 spiro atoms. The SMILES string of the molecule is COc1ccccc1CCN1CCC[C@H](CN(C)C(=O)Nc2ccc3c(c2)OCO3)C1. The van der Waals surface area contributed by atoms with Crippen LogP contribution in [0.25, 0.3) is 0 Å². The molecule has 7 heteroatoms. The number of carbonyl (C=O) groups is 1. The highest BCUT2D eigenvalue weighted by atomic mass is 16.7. The van der Waals surface area contributed by atoms with Gasteiger partial charge in [-0.05, 0) is 55.5 Å². The lowest BCUT2D eigenvalue weighted by Gasteiger charge is -2.34. The van der Waals surface area contributed by atoms with Crippen LogP contribution in [0.15, 0.2) is 42.5 Å². The van der Waals surface area contributed by atoms with Crippen molar-refractivity contribution in [2.24, 2.45) is 5.92 Å². The zero-order chi connectivity index (χ0) is 21.6. The second-order valence-electron chi connectivity index (χ2n) is 8.25. The van der Waals surface area contributed by atoms with Gasteiger partial charge in [0.2, 0.25) is 6.79 Å². The Morgan fingerprint density at radius 1 is 1.23 bits per heavy atom. The molecule has 0 aliphatic carbocycles. The number of hydrogen-bond donors (Lipinski definition) is 1. The minimum atomic E-state index is -0.106. The van der Waals surface area contributed by atoms with Gasteiger partial charge >= 0.3 is 6.03 Å². The highest BCUT2D eigenvalue weighted by Crippen LogP contribution is 2.34. The van der Waals surface area contributed by atoms with E-state index in [-0.39, 0.29) is 12.8 Å². The Kier molecular flexibility index (Phi) is 6.82.